The van der Waals surface area contributed by atoms with Crippen LogP contribution in [0, 0.1) is 5.82 Å². The number of hydrogen-bond acceptors (Lipinski definition) is 4. The topological polar surface area (TPSA) is 83.6 Å². The van der Waals surface area contributed by atoms with Crippen LogP contribution >= 0.6 is 0 Å². The number of anilines is 1. The summed E-state index contributed by atoms with van der Waals surface area (Å²) in [6.45, 7) is 1.52. The number of halogens is 1. The Morgan fingerprint density at radius 1 is 1.47 bits per heavy atom. The summed E-state index contributed by atoms with van der Waals surface area (Å²) in [7, 11) is -3.82. The van der Waals surface area contributed by atoms with E-state index in [1.165, 1.54) is 19.1 Å². The van der Waals surface area contributed by atoms with E-state index in [4.69, 9.17) is 5.73 Å². The van der Waals surface area contributed by atoms with Crippen molar-refractivity contribution >= 4 is 15.7 Å². The first-order valence-corrected chi connectivity index (χ1v) is 6.44. The predicted octanol–water partition coefficient (Wildman–Crippen LogP) is 0.163. The second-order valence-corrected chi connectivity index (χ2v) is 6.33. The van der Waals surface area contributed by atoms with Crippen molar-refractivity contribution in [3.8, 4) is 0 Å². The molecule has 1 heterocycles. The van der Waals surface area contributed by atoms with Crippen LogP contribution in [-0.4, -0.2) is 36.5 Å². The van der Waals surface area contributed by atoms with E-state index < -0.39 is 21.4 Å². The number of hydrogen-bond donors (Lipinski definition) is 2. The van der Waals surface area contributed by atoms with Gasteiger partial charge in [-0.15, -0.1) is 0 Å². The highest BCUT2D eigenvalue weighted by atomic mass is 32.2. The minimum atomic E-state index is -3.82. The molecule has 17 heavy (non-hydrogen) atoms. The molecule has 0 radical (unpaired) electrons. The lowest BCUT2D eigenvalue weighted by Crippen LogP contribution is -2.61. The van der Waals surface area contributed by atoms with Crippen LogP contribution in [0.15, 0.2) is 23.1 Å². The van der Waals surface area contributed by atoms with Crippen LogP contribution in [0.2, 0.25) is 0 Å². The highest BCUT2D eigenvalue weighted by Gasteiger charge is 2.44. The van der Waals surface area contributed by atoms with E-state index in [2.05, 4.69) is 0 Å². The molecular formula is C10H13FN2O3S. The zero-order valence-electron chi connectivity index (χ0n) is 9.22. The molecule has 1 aliphatic rings. The molecule has 2 rings (SSSR count). The maximum Gasteiger partial charge on any atom is 0.245 e. The Morgan fingerprint density at radius 3 is 2.59 bits per heavy atom. The lowest BCUT2D eigenvalue weighted by Gasteiger charge is -2.42. The van der Waals surface area contributed by atoms with Crippen molar-refractivity contribution in [2.75, 3.05) is 18.8 Å². The minimum Gasteiger partial charge on any atom is -0.395 e. The Morgan fingerprint density at radius 2 is 2.06 bits per heavy atom. The Hall–Kier alpha value is -1.18. The maximum atomic E-state index is 13.2. The number of sulfonamides is 1. The third kappa shape index (κ3) is 2.01. The molecule has 7 heteroatoms. The number of nitrogen functional groups attached to an aromatic ring is 1. The summed E-state index contributed by atoms with van der Waals surface area (Å²) in [5.41, 5.74) is 4.00. The van der Waals surface area contributed by atoms with Gasteiger partial charge >= 0.3 is 0 Å². The van der Waals surface area contributed by atoms with Gasteiger partial charge in [0, 0.05) is 13.1 Å². The molecule has 0 aromatic heterocycles. The van der Waals surface area contributed by atoms with Crippen molar-refractivity contribution in [1.82, 2.24) is 4.31 Å². The van der Waals surface area contributed by atoms with Crippen molar-refractivity contribution in [2.45, 2.75) is 17.4 Å². The first-order chi connectivity index (χ1) is 7.74. The molecule has 1 fully saturated rings. The van der Waals surface area contributed by atoms with Gasteiger partial charge in [-0.3, -0.25) is 0 Å². The molecule has 94 valence electrons. The van der Waals surface area contributed by atoms with Crippen LogP contribution in [0.5, 0.6) is 0 Å². The van der Waals surface area contributed by atoms with Crippen molar-refractivity contribution in [1.29, 1.82) is 0 Å². The van der Waals surface area contributed by atoms with Crippen molar-refractivity contribution in [2.24, 2.45) is 0 Å². The Labute approximate surface area is 98.7 Å². The zero-order valence-corrected chi connectivity index (χ0v) is 10.0. The van der Waals surface area contributed by atoms with Gasteiger partial charge in [0.25, 0.3) is 0 Å². The Bertz CT molecular complexity index is 549. The van der Waals surface area contributed by atoms with E-state index in [-0.39, 0.29) is 23.7 Å². The first kappa shape index (κ1) is 12.3. The van der Waals surface area contributed by atoms with Crippen molar-refractivity contribution in [3.05, 3.63) is 24.0 Å². The van der Waals surface area contributed by atoms with Crippen LogP contribution < -0.4 is 5.73 Å². The van der Waals surface area contributed by atoms with Crippen molar-refractivity contribution < 1.29 is 17.9 Å². The highest BCUT2D eigenvalue weighted by Crippen LogP contribution is 2.30. The van der Waals surface area contributed by atoms with E-state index in [0.29, 0.717) is 0 Å². The molecule has 0 saturated carbocycles. The van der Waals surface area contributed by atoms with Crippen molar-refractivity contribution in [3.63, 3.8) is 0 Å². The molecular weight excluding hydrogens is 247 g/mol. The summed E-state index contributed by atoms with van der Waals surface area (Å²) >= 11 is 0. The molecule has 3 N–H and O–H groups in total. The van der Waals surface area contributed by atoms with Gasteiger partial charge in [-0.25, -0.2) is 12.8 Å². The predicted molar refractivity (Wildman–Crippen MR) is 60.2 cm³/mol. The lowest BCUT2D eigenvalue weighted by molar-refractivity contribution is -0.0426. The molecule has 1 saturated heterocycles. The first-order valence-electron chi connectivity index (χ1n) is 5.00. The van der Waals surface area contributed by atoms with Crippen LogP contribution in [0.1, 0.15) is 6.92 Å². The van der Waals surface area contributed by atoms with Gasteiger partial charge in [0.1, 0.15) is 10.7 Å². The summed E-state index contributed by atoms with van der Waals surface area (Å²) in [5.74, 6) is -0.765. The number of rotatable bonds is 2. The van der Waals surface area contributed by atoms with Gasteiger partial charge in [-0.2, -0.15) is 4.31 Å². The largest absolute Gasteiger partial charge is 0.395 e. The standard InChI is InChI=1S/C10H13FN2O3S/c1-10(14)5-13(6-10)17(15,16)8-4-2-3-7(11)9(8)12/h2-4,14H,5-6,12H2,1H3. The Kier molecular flexibility index (Phi) is 2.64. The molecule has 5 nitrogen and oxygen atoms in total. The molecule has 1 aromatic carbocycles. The fourth-order valence-electron chi connectivity index (χ4n) is 1.76. The molecule has 0 bridgehead atoms. The molecule has 1 aliphatic heterocycles. The number of nitrogens with two attached hydrogens (primary N) is 1. The third-order valence-electron chi connectivity index (χ3n) is 2.66. The lowest BCUT2D eigenvalue weighted by atomic mass is 10.0. The summed E-state index contributed by atoms with van der Waals surface area (Å²) in [6, 6.07) is 3.64. The summed E-state index contributed by atoms with van der Waals surface area (Å²) in [6.07, 6.45) is 0. The maximum absolute atomic E-state index is 13.2. The zero-order chi connectivity index (χ0) is 12.8. The van der Waals surface area contributed by atoms with Gasteiger partial charge in [-0.05, 0) is 19.1 Å². The number of nitrogens with zero attached hydrogens (tertiary/aromatic N) is 1. The monoisotopic (exact) mass is 260 g/mol. The fraction of sp³-hybridized carbons (Fsp3) is 0.400. The van der Waals surface area contributed by atoms with Crippen LogP contribution in [0.3, 0.4) is 0 Å². The summed E-state index contributed by atoms with van der Waals surface area (Å²) in [5, 5.41) is 9.51. The van der Waals surface area contributed by atoms with E-state index in [9.17, 15) is 17.9 Å². The average Bonchev–Trinajstić information content (AvgIpc) is 2.18. The summed E-state index contributed by atoms with van der Waals surface area (Å²) < 4.78 is 38.3. The molecule has 0 aliphatic carbocycles. The van der Waals surface area contributed by atoms with E-state index in [1.807, 2.05) is 0 Å². The van der Waals surface area contributed by atoms with Gasteiger partial charge in [-0.1, -0.05) is 6.07 Å². The highest BCUT2D eigenvalue weighted by molar-refractivity contribution is 7.89. The normalized spacial score (nSPS) is 19.9. The molecule has 1 aromatic rings. The SMILES string of the molecule is CC1(O)CN(S(=O)(=O)c2cccc(F)c2N)C1. The van der Waals surface area contributed by atoms with E-state index >= 15 is 0 Å². The quantitative estimate of drug-likeness (QED) is 0.742. The summed E-state index contributed by atoms with van der Waals surface area (Å²) in [4.78, 5) is -0.256. The second-order valence-electron chi connectivity index (χ2n) is 4.42. The van der Waals surface area contributed by atoms with Gasteiger partial charge in [0.05, 0.1) is 11.3 Å². The molecule has 0 atom stereocenters. The number of para-hydroxylation sites is 1. The Balaban J connectivity index is 2.37. The third-order valence-corrected chi connectivity index (χ3v) is 4.51. The van der Waals surface area contributed by atoms with E-state index in [0.717, 1.165) is 10.4 Å². The average molecular weight is 260 g/mol. The number of benzene rings is 1. The van der Waals surface area contributed by atoms with Gasteiger partial charge in [0.2, 0.25) is 10.0 Å². The number of β-amino-alcohol motifs (C(OH)–C–C–N with tert-alkyl or cyclic N) is 1. The number of aliphatic hydroxyl groups is 1. The minimum absolute atomic E-state index is 0.00864. The van der Waals surface area contributed by atoms with Gasteiger partial charge < -0.3 is 10.8 Å². The van der Waals surface area contributed by atoms with E-state index in [1.54, 1.807) is 0 Å². The van der Waals surface area contributed by atoms with Crippen LogP contribution in [0.4, 0.5) is 10.1 Å². The second kappa shape index (κ2) is 3.66. The van der Waals surface area contributed by atoms with Crippen LogP contribution in [-0.2, 0) is 10.0 Å². The molecule has 0 amide bonds. The smallest absolute Gasteiger partial charge is 0.245 e. The molecule has 0 spiro atoms. The fourth-order valence-corrected chi connectivity index (χ4v) is 3.57. The van der Waals surface area contributed by atoms with Crippen LogP contribution in [0.25, 0.3) is 0 Å². The molecule has 0 unspecified atom stereocenters. The van der Waals surface area contributed by atoms with Gasteiger partial charge in [0.15, 0.2) is 0 Å².